The first-order valence-electron chi connectivity index (χ1n) is 6.90. The molecular formula is C17H22O2. The Morgan fingerprint density at radius 2 is 1.68 bits per heavy atom. The quantitative estimate of drug-likeness (QED) is 0.538. The normalized spacial score (nSPS) is 11.4. The highest BCUT2D eigenvalue weighted by Crippen LogP contribution is 2.09. The summed E-state index contributed by atoms with van der Waals surface area (Å²) in [6, 6.07) is 7.86. The molecule has 0 heterocycles. The van der Waals surface area contributed by atoms with Gasteiger partial charge in [0, 0.05) is 6.08 Å². The molecule has 2 heteroatoms. The van der Waals surface area contributed by atoms with E-state index in [0.717, 1.165) is 23.6 Å². The first-order chi connectivity index (χ1) is 9.22. The second-order valence-electron chi connectivity index (χ2n) is 4.59. The minimum absolute atomic E-state index is 0.905. The third-order valence-corrected chi connectivity index (χ3v) is 2.89. The first kappa shape index (κ1) is 15.2. The topological polar surface area (TPSA) is 37.3 Å². The van der Waals surface area contributed by atoms with Crippen molar-refractivity contribution < 1.29 is 9.90 Å². The maximum absolute atomic E-state index is 10.4. The number of unbranched alkanes of at least 4 members (excludes halogenated alkanes) is 4. The summed E-state index contributed by atoms with van der Waals surface area (Å²) in [5.74, 6) is -0.920. The highest BCUT2D eigenvalue weighted by Gasteiger charge is 1.91. The maximum atomic E-state index is 10.4. The third kappa shape index (κ3) is 7.24. The van der Waals surface area contributed by atoms with Crippen LogP contribution in [0.1, 0.15) is 50.2 Å². The second kappa shape index (κ2) is 9.15. The number of allylic oxidation sites excluding steroid dienone is 1. The summed E-state index contributed by atoms with van der Waals surface area (Å²) in [6.07, 6.45) is 13.4. The van der Waals surface area contributed by atoms with Crippen LogP contribution in [0.25, 0.3) is 12.2 Å². The Kier molecular flexibility index (Phi) is 7.33. The summed E-state index contributed by atoms with van der Waals surface area (Å²) in [6.45, 7) is 2.22. The van der Waals surface area contributed by atoms with E-state index < -0.39 is 5.97 Å². The van der Waals surface area contributed by atoms with Crippen molar-refractivity contribution in [3.05, 3.63) is 47.5 Å². The number of hydrogen-bond acceptors (Lipinski definition) is 1. The maximum Gasteiger partial charge on any atom is 0.328 e. The molecule has 1 aromatic carbocycles. The van der Waals surface area contributed by atoms with Crippen LogP contribution in [0, 0.1) is 0 Å². The van der Waals surface area contributed by atoms with Crippen molar-refractivity contribution in [2.24, 2.45) is 0 Å². The molecule has 0 aliphatic rings. The highest BCUT2D eigenvalue weighted by atomic mass is 16.4. The molecule has 1 N–H and O–H groups in total. The Morgan fingerprint density at radius 3 is 2.26 bits per heavy atom. The number of rotatable bonds is 8. The van der Waals surface area contributed by atoms with Crippen LogP contribution in [0.3, 0.4) is 0 Å². The van der Waals surface area contributed by atoms with Crippen molar-refractivity contribution in [1.82, 2.24) is 0 Å². The second-order valence-corrected chi connectivity index (χ2v) is 4.59. The van der Waals surface area contributed by atoms with Gasteiger partial charge in [0.1, 0.15) is 0 Å². The van der Waals surface area contributed by atoms with E-state index in [4.69, 9.17) is 5.11 Å². The number of carboxylic acids is 1. The third-order valence-electron chi connectivity index (χ3n) is 2.89. The fraction of sp³-hybridized carbons (Fsp3) is 0.353. The Morgan fingerprint density at radius 1 is 1.05 bits per heavy atom. The molecule has 0 radical (unpaired) electrons. The average Bonchev–Trinajstić information content (AvgIpc) is 2.41. The van der Waals surface area contributed by atoms with Crippen LogP contribution in [0.2, 0.25) is 0 Å². The number of carbonyl (C=O) groups is 1. The van der Waals surface area contributed by atoms with Gasteiger partial charge in [-0.2, -0.15) is 0 Å². The number of aliphatic carboxylic acids is 1. The molecule has 0 fully saturated rings. The van der Waals surface area contributed by atoms with E-state index in [2.05, 4.69) is 19.1 Å². The van der Waals surface area contributed by atoms with Crippen LogP contribution in [-0.4, -0.2) is 11.1 Å². The predicted octanol–water partition coefficient (Wildman–Crippen LogP) is 4.77. The van der Waals surface area contributed by atoms with Crippen LogP contribution in [0.4, 0.5) is 0 Å². The lowest BCUT2D eigenvalue weighted by Crippen LogP contribution is -1.85. The van der Waals surface area contributed by atoms with Gasteiger partial charge in [-0.05, 0) is 30.0 Å². The van der Waals surface area contributed by atoms with Gasteiger partial charge < -0.3 is 5.11 Å². The van der Waals surface area contributed by atoms with Crippen LogP contribution >= 0.6 is 0 Å². The van der Waals surface area contributed by atoms with E-state index in [9.17, 15) is 4.79 Å². The molecule has 0 aliphatic heterocycles. The Hall–Kier alpha value is -1.83. The largest absolute Gasteiger partial charge is 0.478 e. The molecule has 1 aromatic rings. The fourth-order valence-corrected chi connectivity index (χ4v) is 1.79. The van der Waals surface area contributed by atoms with Crippen LogP contribution in [-0.2, 0) is 4.79 Å². The molecule has 0 saturated heterocycles. The van der Waals surface area contributed by atoms with E-state index in [1.165, 1.54) is 25.7 Å². The zero-order chi connectivity index (χ0) is 13.9. The lowest BCUT2D eigenvalue weighted by Gasteiger charge is -1.97. The van der Waals surface area contributed by atoms with E-state index in [1.807, 2.05) is 24.3 Å². The molecule has 0 saturated carbocycles. The summed E-state index contributed by atoms with van der Waals surface area (Å²) >= 11 is 0. The molecule has 2 nitrogen and oxygen atoms in total. The molecule has 19 heavy (non-hydrogen) atoms. The van der Waals surface area contributed by atoms with Crippen LogP contribution < -0.4 is 0 Å². The van der Waals surface area contributed by atoms with E-state index in [0.29, 0.717) is 0 Å². The zero-order valence-electron chi connectivity index (χ0n) is 11.5. The molecule has 0 unspecified atom stereocenters. The minimum Gasteiger partial charge on any atom is -0.478 e. The van der Waals surface area contributed by atoms with Crippen molar-refractivity contribution in [1.29, 1.82) is 0 Å². The lowest BCUT2D eigenvalue weighted by molar-refractivity contribution is -0.131. The molecular weight excluding hydrogens is 236 g/mol. The Balaban J connectivity index is 2.39. The van der Waals surface area contributed by atoms with Crippen molar-refractivity contribution in [2.75, 3.05) is 0 Å². The number of carboxylic acid groups (broad SMARTS) is 1. The molecule has 0 aromatic heterocycles. The summed E-state index contributed by atoms with van der Waals surface area (Å²) in [7, 11) is 0. The first-order valence-corrected chi connectivity index (χ1v) is 6.90. The zero-order valence-corrected chi connectivity index (χ0v) is 11.5. The molecule has 0 amide bonds. The van der Waals surface area contributed by atoms with Crippen LogP contribution in [0.15, 0.2) is 36.4 Å². The smallest absolute Gasteiger partial charge is 0.328 e. The minimum atomic E-state index is -0.920. The Labute approximate surface area is 115 Å². The van der Waals surface area contributed by atoms with Gasteiger partial charge in [0.25, 0.3) is 0 Å². The van der Waals surface area contributed by atoms with Crippen LogP contribution in [0.5, 0.6) is 0 Å². The van der Waals surface area contributed by atoms with Gasteiger partial charge in [-0.15, -0.1) is 0 Å². The molecule has 0 aliphatic carbocycles. The van der Waals surface area contributed by atoms with Gasteiger partial charge in [0.2, 0.25) is 0 Å². The summed E-state index contributed by atoms with van der Waals surface area (Å²) in [5.41, 5.74) is 2.06. The average molecular weight is 258 g/mol. The van der Waals surface area contributed by atoms with E-state index in [1.54, 1.807) is 6.08 Å². The van der Waals surface area contributed by atoms with Gasteiger partial charge in [0.05, 0.1) is 0 Å². The molecule has 0 atom stereocenters. The number of hydrogen-bond donors (Lipinski definition) is 1. The molecule has 1 rings (SSSR count). The number of benzene rings is 1. The summed E-state index contributed by atoms with van der Waals surface area (Å²) in [5, 5.41) is 8.54. The van der Waals surface area contributed by atoms with Crippen molar-refractivity contribution in [2.45, 2.75) is 39.0 Å². The predicted molar refractivity (Wildman–Crippen MR) is 80.9 cm³/mol. The van der Waals surface area contributed by atoms with Crippen molar-refractivity contribution >= 4 is 18.1 Å². The van der Waals surface area contributed by atoms with E-state index in [-0.39, 0.29) is 0 Å². The van der Waals surface area contributed by atoms with Crippen molar-refractivity contribution in [3.8, 4) is 0 Å². The molecule has 0 spiro atoms. The molecule has 102 valence electrons. The van der Waals surface area contributed by atoms with Gasteiger partial charge in [0.15, 0.2) is 0 Å². The highest BCUT2D eigenvalue weighted by molar-refractivity contribution is 5.85. The Bertz CT molecular complexity index is 427. The summed E-state index contributed by atoms with van der Waals surface area (Å²) in [4.78, 5) is 10.4. The van der Waals surface area contributed by atoms with Gasteiger partial charge >= 0.3 is 5.97 Å². The molecule has 0 bridgehead atoms. The fourth-order valence-electron chi connectivity index (χ4n) is 1.79. The SMILES string of the molecule is CCCCCCC=Cc1ccc(C=CC(=O)O)cc1. The van der Waals surface area contributed by atoms with Gasteiger partial charge in [-0.1, -0.05) is 62.6 Å². The monoisotopic (exact) mass is 258 g/mol. The lowest BCUT2D eigenvalue weighted by atomic mass is 10.1. The summed E-state index contributed by atoms with van der Waals surface area (Å²) < 4.78 is 0. The van der Waals surface area contributed by atoms with Crippen molar-refractivity contribution in [3.63, 3.8) is 0 Å². The standard InChI is InChI=1S/C17H22O2/c1-2-3-4-5-6-7-8-15-9-11-16(12-10-15)13-14-17(18)19/h7-14H,2-6H2,1H3,(H,18,19). The van der Waals surface area contributed by atoms with E-state index >= 15 is 0 Å². The van der Waals surface area contributed by atoms with Gasteiger partial charge in [-0.3, -0.25) is 0 Å². The van der Waals surface area contributed by atoms with Gasteiger partial charge in [-0.25, -0.2) is 4.79 Å².